The average Bonchev–Trinajstić information content (AvgIpc) is 2.86. The Morgan fingerprint density at radius 1 is 0.853 bits per heavy atom. The SMILES string of the molecule is Nc1ccc(N=C2CC(c3ccccc3)CC(=O)/C2=C(/O)Cc2cccc3ccccc23)cc1. The van der Waals surface area contributed by atoms with Crippen molar-refractivity contribution in [3.8, 4) is 0 Å². The molecule has 4 aromatic rings. The molecule has 34 heavy (non-hydrogen) atoms. The fourth-order valence-corrected chi connectivity index (χ4v) is 4.70. The van der Waals surface area contributed by atoms with Gasteiger partial charge in [-0.05, 0) is 58.5 Å². The van der Waals surface area contributed by atoms with Crippen LogP contribution in [0.5, 0.6) is 0 Å². The fraction of sp³-hybridized carbons (Fsp3) is 0.133. The van der Waals surface area contributed by atoms with E-state index in [1.807, 2.05) is 84.9 Å². The number of aliphatic imine (C=N–C) groups is 1. The molecule has 4 aromatic carbocycles. The smallest absolute Gasteiger partial charge is 0.168 e. The zero-order valence-electron chi connectivity index (χ0n) is 18.8. The van der Waals surface area contributed by atoms with E-state index in [0.29, 0.717) is 35.5 Å². The zero-order chi connectivity index (χ0) is 23.5. The minimum absolute atomic E-state index is 0.0235. The molecule has 0 bridgehead atoms. The number of nitrogen functional groups attached to an aromatic ring is 1. The van der Waals surface area contributed by atoms with E-state index in [1.54, 1.807) is 12.1 Å². The van der Waals surface area contributed by atoms with Crippen molar-refractivity contribution in [3.63, 3.8) is 0 Å². The number of Topliss-reactive ketones (excluding diaryl/α,β-unsaturated/α-hetero) is 1. The number of nitrogens with two attached hydrogens (primary N) is 1. The first-order valence-corrected chi connectivity index (χ1v) is 11.5. The summed E-state index contributed by atoms with van der Waals surface area (Å²) >= 11 is 0. The number of fused-ring (bicyclic) bond motifs is 1. The Labute approximate surface area is 199 Å². The van der Waals surface area contributed by atoms with Gasteiger partial charge in [-0.15, -0.1) is 0 Å². The lowest BCUT2D eigenvalue weighted by Gasteiger charge is -2.26. The zero-order valence-corrected chi connectivity index (χ0v) is 18.8. The monoisotopic (exact) mass is 446 g/mol. The van der Waals surface area contributed by atoms with Crippen LogP contribution in [0.15, 0.2) is 113 Å². The number of carbonyl (C=O) groups excluding carboxylic acids is 1. The van der Waals surface area contributed by atoms with Gasteiger partial charge in [0.1, 0.15) is 5.76 Å². The highest BCUT2D eigenvalue weighted by Gasteiger charge is 2.32. The van der Waals surface area contributed by atoms with Crippen molar-refractivity contribution in [2.75, 3.05) is 5.73 Å². The van der Waals surface area contributed by atoms with Gasteiger partial charge < -0.3 is 10.8 Å². The van der Waals surface area contributed by atoms with E-state index in [1.165, 1.54) is 0 Å². The molecule has 1 saturated carbocycles. The highest BCUT2D eigenvalue weighted by atomic mass is 16.3. The first-order valence-electron chi connectivity index (χ1n) is 11.5. The lowest BCUT2D eigenvalue weighted by Crippen LogP contribution is -2.27. The van der Waals surface area contributed by atoms with E-state index in [0.717, 1.165) is 21.9 Å². The lowest BCUT2D eigenvalue weighted by molar-refractivity contribution is -0.115. The molecule has 5 rings (SSSR count). The van der Waals surface area contributed by atoms with Gasteiger partial charge in [0.25, 0.3) is 0 Å². The molecule has 0 radical (unpaired) electrons. The fourth-order valence-electron chi connectivity index (χ4n) is 4.70. The van der Waals surface area contributed by atoms with Crippen LogP contribution in [0.2, 0.25) is 0 Å². The number of aliphatic hydroxyl groups excluding tert-OH is 1. The van der Waals surface area contributed by atoms with Crippen molar-refractivity contribution < 1.29 is 9.90 Å². The molecule has 1 fully saturated rings. The Kier molecular flexibility index (Phi) is 5.96. The highest BCUT2D eigenvalue weighted by Crippen LogP contribution is 2.35. The third kappa shape index (κ3) is 4.48. The second-order valence-corrected chi connectivity index (χ2v) is 8.73. The minimum atomic E-state index is -0.0768. The summed E-state index contributed by atoms with van der Waals surface area (Å²) in [5, 5.41) is 13.4. The maximum Gasteiger partial charge on any atom is 0.168 e. The van der Waals surface area contributed by atoms with Gasteiger partial charge in [-0.25, -0.2) is 0 Å². The molecule has 1 aliphatic carbocycles. The summed E-state index contributed by atoms with van der Waals surface area (Å²) in [5.74, 6) is 0.0180. The summed E-state index contributed by atoms with van der Waals surface area (Å²) in [4.78, 5) is 18.2. The maximum atomic E-state index is 13.4. The summed E-state index contributed by atoms with van der Waals surface area (Å²) in [5.41, 5.74) is 10.2. The van der Waals surface area contributed by atoms with Crippen LogP contribution in [0.3, 0.4) is 0 Å². The van der Waals surface area contributed by atoms with Crippen molar-refractivity contribution in [1.29, 1.82) is 0 Å². The van der Waals surface area contributed by atoms with Crippen molar-refractivity contribution in [2.45, 2.75) is 25.2 Å². The van der Waals surface area contributed by atoms with Crippen LogP contribution in [0.25, 0.3) is 10.8 Å². The molecule has 3 N–H and O–H groups in total. The summed E-state index contributed by atoms with van der Waals surface area (Å²) < 4.78 is 0. The van der Waals surface area contributed by atoms with Crippen molar-refractivity contribution in [2.24, 2.45) is 4.99 Å². The molecule has 4 nitrogen and oxygen atoms in total. The number of rotatable bonds is 4. The Morgan fingerprint density at radius 3 is 2.35 bits per heavy atom. The predicted octanol–water partition coefficient (Wildman–Crippen LogP) is 6.70. The predicted molar refractivity (Wildman–Crippen MR) is 139 cm³/mol. The maximum absolute atomic E-state index is 13.4. The van der Waals surface area contributed by atoms with Crippen LogP contribution in [0, 0.1) is 0 Å². The number of anilines is 1. The van der Waals surface area contributed by atoms with E-state index < -0.39 is 0 Å². The number of hydrogen-bond donors (Lipinski definition) is 2. The minimum Gasteiger partial charge on any atom is -0.511 e. The topological polar surface area (TPSA) is 75.7 Å². The van der Waals surface area contributed by atoms with Gasteiger partial charge >= 0.3 is 0 Å². The summed E-state index contributed by atoms with van der Waals surface area (Å²) in [6.07, 6.45) is 1.20. The molecule has 0 spiro atoms. The number of ketones is 1. The third-order valence-corrected chi connectivity index (χ3v) is 6.39. The van der Waals surface area contributed by atoms with Gasteiger partial charge in [-0.1, -0.05) is 72.8 Å². The number of allylic oxidation sites excluding steroid dienone is 2. The molecule has 0 aromatic heterocycles. The standard InChI is InChI=1S/C30H26N2O2/c31-24-13-15-25(16-14-24)32-27-17-23(20-7-2-1-3-8-20)19-29(34)30(27)28(33)18-22-11-6-10-21-9-4-5-12-26(21)22/h1-16,23,33H,17-19,31H2/b30-28+,32-27?. The highest BCUT2D eigenvalue weighted by molar-refractivity contribution is 6.25. The molecule has 0 heterocycles. The van der Waals surface area contributed by atoms with Gasteiger partial charge in [-0.3, -0.25) is 9.79 Å². The van der Waals surface area contributed by atoms with E-state index in [4.69, 9.17) is 10.7 Å². The Bertz CT molecular complexity index is 1400. The molecule has 1 aliphatic rings. The Morgan fingerprint density at radius 2 is 1.56 bits per heavy atom. The van der Waals surface area contributed by atoms with Gasteiger partial charge in [0, 0.05) is 18.5 Å². The van der Waals surface area contributed by atoms with Crippen molar-refractivity contribution >= 4 is 33.6 Å². The van der Waals surface area contributed by atoms with Crippen LogP contribution < -0.4 is 5.73 Å². The quantitative estimate of drug-likeness (QED) is 0.208. The number of nitrogens with zero attached hydrogens (tertiary/aromatic N) is 1. The normalized spacial score (nSPS) is 18.9. The van der Waals surface area contributed by atoms with E-state index in [9.17, 15) is 9.90 Å². The van der Waals surface area contributed by atoms with Crippen LogP contribution in [0.4, 0.5) is 11.4 Å². The molecular weight excluding hydrogens is 420 g/mol. The lowest BCUT2D eigenvalue weighted by atomic mass is 9.78. The number of hydrogen-bond acceptors (Lipinski definition) is 4. The first-order chi connectivity index (χ1) is 16.6. The second kappa shape index (κ2) is 9.36. The molecular formula is C30H26N2O2. The molecule has 168 valence electrons. The molecule has 0 amide bonds. The van der Waals surface area contributed by atoms with E-state index in [2.05, 4.69) is 0 Å². The van der Waals surface area contributed by atoms with Gasteiger partial charge in [0.2, 0.25) is 0 Å². The average molecular weight is 447 g/mol. The van der Waals surface area contributed by atoms with Crippen LogP contribution in [-0.4, -0.2) is 16.6 Å². The van der Waals surface area contributed by atoms with Crippen LogP contribution in [-0.2, 0) is 11.2 Å². The summed E-state index contributed by atoms with van der Waals surface area (Å²) in [6, 6.07) is 31.4. The van der Waals surface area contributed by atoms with E-state index in [-0.39, 0.29) is 23.9 Å². The van der Waals surface area contributed by atoms with Gasteiger partial charge in [0.15, 0.2) is 5.78 Å². The van der Waals surface area contributed by atoms with Crippen LogP contribution >= 0.6 is 0 Å². The second-order valence-electron chi connectivity index (χ2n) is 8.73. The Hall–Kier alpha value is -4.18. The van der Waals surface area contributed by atoms with E-state index >= 15 is 0 Å². The molecule has 1 atom stereocenters. The largest absolute Gasteiger partial charge is 0.511 e. The molecule has 0 saturated heterocycles. The van der Waals surface area contributed by atoms with Gasteiger partial charge in [0.05, 0.1) is 17.0 Å². The first kappa shape index (κ1) is 21.7. The van der Waals surface area contributed by atoms with Crippen LogP contribution in [0.1, 0.15) is 29.9 Å². The number of aliphatic hydroxyl groups is 1. The Balaban J connectivity index is 1.57. The van der Waals surface area contributed by atoms with Crippen molar-refractivity contribution in [3.05, 3.63) is 120 Å². The number of benzene rings is 4. The number of carbonyl (C=O) groups is 1. The van der Waals surface area contributed by atoms with Gasteiger partial charge in [-0.2, -0.15) is 0 Å². The summed E-state index contributed by atoms with van der Waals surface area (Å²) in [7, 11) is 0. The molecule has 0 aliphatic heterocycles. The summed E-state index contributed by atoms with van der Waals surface area (Å²) in [6.45, 7) is 0. The third-order valence-electron chi connectivity index (χ3n) is 6.39. The van der Waals surface area contributed by atoms with Crippen molar-refractivity contribution in [1.82, 2.24) is 0 Å². The molecule has 4 heteroatoms. The molecule has 1 unspecified atom stereocenters.